The van der Waals surface area contributed by atoms with Crippen LogP contribution in [-0.2, 0) is 25.7 Å². The fourth-order valence-corrected chi connectivity index (χ4v) is 1.85. The van der Waals surface area contributed by atoms with Crippen molar-refractivity contribution in [3.05, 3.63) is 35.9 Å². The normalized spacial score (nSPS) is 11.2. The molecule has 1 rings (SSSR count). The van der Waals surface area contributed by atoms with E-state index in [1.165, 1.54) is 7.11 Å². The standard InChI is InChI=1S/C16H22N2O5/c1-3-7-13(15(20)22-2)18-14(19)10-17-16(21)23-11-12-8-5-4-6-9-12/h4-6,8-9,13H,3,7,10-11H2,1-2H3,(H,17,21)(H,18,19)/t13-/m0/s1. The van der Waals surface area contributed by atoms with Crippen molar-refractivity contribution in [1.82, 2.24) is 10.6 Å². The van der Waals surface area contributed by atoms with Gasteiger partial charge in [-0.25, -0.2) is 9.59 Å². The van der Waals surface area contributed by atoms with Crippen LogP contribution in [0.1, 0.15) is 25.3 Å². The first-order chi connectivity index (χ1) is 11.1. The number of amides is 2. The van der Waals surface area contributed by atoms with Gasteiger partial charge >= 0.3 is 12.1 Å². The van der Waals surface area contributed by atoms with E-state index >= 15 is 0 Å². The first-order valence-electron chi connectivity index (χ1n) is 7.38. The van der Waals surface area contributed by atoms with Crippen LogP contribution in [0.4, 0.5) is 4.79 Å². The summed E-state index contributed by atoms with van der Waals surface area (Å²) in [5.41, 5.74) is 0.848. The van der Waals surface area contributed by atoms with Crippen LogP contribution >= 0.6 is 0 Å². The molecule has 1 atom stereocenters. The van der Waals surface area contributed by atoms with Crippen molar-refractivity contribution >= 4 is 18.0 Å². The molecule has 0 saturated carbocycles. The van der Waals surface area contributed by atoms with E-state index in [9.17, 15) is 14.4 Å². The summed E-state index contributed by atoms with van der Waals surface area (Å²) in [6.45, 7) is 1.74. The smallest absolute Gasteiger partial charge is 0.407 e. The summed E-state index contributed by atoms with van der Waals surface area (Å²) < 4.78 is 9.59. The fourth-order valence-electron chi connectivity index (χ4n) is 1.85. The summed E-state index contributed by atoms with van der Waals surface area (Å²) in [4.78, 5) is 34.7. The number of esters is 1. The number of hydrogen-bond donors (Lipinski definition) is 2. The van der Waals surface area contributed by atoms with Crippen LogP contribution in [0.2, 0.25) is 0 Å². The molecule has 2 amide bonds. The Morgan fingerprint density at radius 1 is 1.17 bits per heavy atom. The van der Waals surface area contributed by atoms with Crippen molar-refractivity contribution in [3.63, 3.8) is 0 Å². The van der Waals surface area contributed by atoms with Crippen LogP contribution in [-0.4, -0.2) is 37.7 Å². The quantitative estimate of drug-likeness (QED) is 0.705. The number of methoxy groups -OCH3 is 1. The minimum Gasteiger partial charge on any atom is -0.467 e. The highest BCUT2D eigenvalue weighted by molar-refractivity contribution is 5.87. The lowest BCUT2D eigenvalue weighted by Crippen LogP contribution is -2.46. The molecule has 0 spiro atoms. The third-order valence-electron chi connectivity index (χ3n) is 3.00. The van der Waals surface area contributed by atoms with E-state index in [0.717, 1.165) is 5.56 Å². The maximum absolute atomic E-state index is 11.7. The Morgan fingerprint density at radius 2 is 1.87 bits per heavy atom. The maximum Gasteiger partial charge on any atom is 0.407 e. The number of nitrogens with one attached hydrogen (secondary N) is 2. The predicted octanol–water partition coefficient (Wildman–Crippen LogP) is 1.37. The van der Waals surface area contributed by atoms with E-state index in [1.54, 1.807) is 0 Å². The zero-order valence-electron chi connectivity index (χ0n) is 13.3. The van der Waals surface area contributed by atoms with E-state index in [0.29, 0.717) is 12.8 Å². The summed E-state index contributed by atoms with van der Waals surface area (Å²) in [5, 5.41) is 4.85. The van der Waals surface area contributed by atoms with E-state index in [2.05, 4.69) is 15.4 Å². The molecule has 0 heterocycles. The Hall–Kier alpha value is -2.57. The molecule has 0 aliphatic carbocycles. The van der Waals surface area contributed by atoms with Crippen LogP contribution in [0.15, 0.2) is 30.3 Å². The van der Waals surface area contributed by atoms with Crippen molar-refractivity contribution in [2.75, 3.05) is 13.7 Å². The zero-order valence-corrected chi connectivity index (χ0v) is 13.3. The number of hydrogen-bond acceptors (Lipinski definition) is 5. The SMILES string of the molecule is CCC[C@H](NC(=O)CNC(=O)OCc1ccccc1)C(=O)OC. The maximum atomic E-state index is 11.7. The van der Waals surface area contributed by atoms with Gasteiger partial charge in [0.2, 0.25) is 5.91 Å². The number of benzene rings is 1. The molecule has 1 aromatic carbocycles. The van der Waals surface area contributed by atoms with Gasteiger partial charge in [0, 0.05) is 0 Å². The Bertz CT molecular complexity index is 518. The van der Waals surface area contributed by atoms with Gasteiger partial charge in [-0.1, -0.05) is 43.7 Å². The Morgan fingerprint density at radius 3 is 2.48 bits per heavy atom. The second-order valence-corrected chi connectivity index (χ2v) is 4.85. The molecule has 0 radical (unpaired) electrons. The summed E-state index contributed by atoms with van der Waals surface area (Å²) in [6.07, 6.45) is 0.484. The van der Waals surface area contributed by atoms with Gasteiger partial charge in [0.25, 0.3) is 0 Å². The summed E-state index contributed by atoms with van der Waals surface area (Å²) in [7, 11) is 1.26. The summed E-state index contributed by atoms with van der Waals surface area (Å²) in [6, 6.07) is 8.48. The highest BCUT2D eigenvalue weighted by Gasteiger charge is 2.20. The molecular weight excluding hydrogens is 300 g/mol. The molecular formula is C16H22N2O5. The molecule has 126 valence electrons. The first kappa shape index (κ1) is 18.5. The van der Waals surface area contributed by atoms with Crippen molar-refractivity contribution in [3.8, 4) is 0 Å². The average molecular weight is 322 g/mol. The van der Waals surface area contributed by atoms with Gasteiger partial charge in [-0.15, -0.1) is 0 Å². The van der Waals surface area contributed by atoms with Crippen molar-refractivity contribution in [1.29, 1.82) is 0 Å². The molecule has 0 unspecified atom stereocenters. The highest BCUT2D eigenvalue weighted by atomic mass is 16.5. The van der Waals surface area contributed by atoms with Crippen LogP contribution in [0.3, 0.4) is 0 Å². The Kier molecular flexibility index (Phi) is 8.20. The summed E-state index contributed by atoms with van der Waals surface area (Å²) >= 11 is 0. The lowest BCUT2D eigenvalue weighted by molar-refractivity contribution is -0.145. The molecule has 0 bridgehead atoms. The van der Waals surface area contributed by atoms with Crippen LogP contribution in [0.25, 0.3) is 0 Å². The average Bonchev–Trinajstić information content (AvgIpc) is 2.58. The van der Waals surface area contributed by atoms with Gasteiger partial charge in [0.1, 0.15) is 19.2 Å². The lowest BCUT2D eigenvalue weighted by atomic mass is 10.1. The zero-order chi connectivity index (χ0) is 17.1. The minimum atomic E-state index is -0.709. The third kappa shape index (κ3) is 7.30. The molecule has 0 fully saturated rings. The van der Waals surface area contributed by atoms with Crippen molar-refractivity contribution in [2.24, 2.45) is 0 Å². The number of carbonyl (C=O) groups excluding carboxylic acids is 3. The molecule has 2 N–H and O–H groups in total. The largest absolute Gasteiger partial charge is 0.467 e. The minimum absolute atomic E-state index is 0.120. The molecule has 0 aromatic heterocycles. The molecule has 23 heavy (non-hydrogen) atoms. The lowest BCUT2D eigenvalue weighted by Gasteiger charge is -2.15. The second kappa shape index (κ2) is 10.2. The van der Waals surface area contributed by atoms with Crippen LogP contribution in [0.5, 0.6) is 0 Å². The first-order valence-corrected chi connectivity index (χ1v) is 7.38. The monoisotopic (exact) mass is 322 g/mol. The number of rotatable bonds is 8. The molecule has 7 heteroatoms. The molecule has 0 aliphatic heterocycles. The number of ether oxygens (including phenoxy) is 2. The van der Waals surface area contributed by atoms with Gasteiger partial charge in [0.15, 0.2) is 0 Å². The van der Waals surface area contributed by atoms with Gasteiger partial charge in [-0.2, -0.15) is 0 Å². The van der Waals surface area contributed by atoms with Gasteiger partial charge in [-0.05, 0) is 12.0 Å². The predicted molar refractivity (Wildman–Crippen MR) is 83.5 cm³/mol. The van der Waals surface area contributed by atoms with E-state index in [4.69, 9.17) is 4.74 Å². The van der Waals surface area contributed by atoms with Crippen molar-refractivity contribution in [2.45, 2.75) is 32.4 Å². The van der Waals surface area contributed by atoms with Gasteiger partial charge in [0.05, 0.1) is 7.11 Å². The Labute approximate surface area is 135 Å². The van der Waals surface area contributed by atoms with Crippen molar-refractivity contribution < 1.29 is 23.9 Å². The van der Waals surface area contributed by atoms with E-state index in [1.807, 2.05) is 37.3 Å². The highest BCUT2D eigenvalue weighted by Crippen LogP contribution is 2.01. The third-order valence-corrected chi connectivity index (χ3v) is 3.00. The Balaban J connectivity index is 2.31. The van der Waals surface area contributed by atoms with Gasteiger partial charge in [-0.3, -0.25) is 4.79 Å². The fraction of sp³-hybridized carbons (Fsp3) is 0.438. The molecule has 1 aromatic rings. The van der Waals surface area contributed by atoms with Gasteiger partial charge < -0.3 is 20.1 Å². The summed E-state index contributed by atoms with van der Waals surface area (Å²) in [5.74, 6) is -0.989. The number of alkyl carbamates (subject to hydrolysis) is 1. The second-order valence-electron chi connectivity index (χ2n) is 4.85. The number of carbonyl (C=O) groups is 3. The molecule has 0 aliphatic rings. The van der Waals surface area contributed by atoms with E-state index < -0.39 is 24.0 Å². The van der Waals surface area contributed by atoms with Crippen LogP contribution < -0.4 is 10.6 Å². The molecule has 0 saturated heterocycles. The topological polar surface area (TPSA) is 93.7 Å². The van der Waals surface area contributed by atoms with Crippen LogP contribution in [0, 0.1) is 0 Å². The van der Waals surface area contributed by atoms with E-state index in [-0.39, 0.29) is 13.2 Å². The molecule has 7 nitrogen and oxygen atoms in total.